The van der Waals surface area contributed by atoms with Crippen LogP contribution in [0.3, 0.4) is 0 Å². The van der Waals surface area contributed by atoms with Crippen LogP contribution in [-0.4, -0.2) is 46.2 Å². The summed E-state index contributed by atoms with van der Waals surface area (Å²) in [7, 11) is 4.07. The van der Waals surface area contributed by atoms with Gasteiger partial charge in [-0.05, 0) is 67.2 Å². The number of aryl methyl sites for hydroxylation is 1. The van der Waals surface area contributed by atoms with Crippen molar-refractivity contribution >= 4 is 23.1 Å². The smallest absolute Gasteiger partial charge is 0.251 e. The molecule has 0 unspecified atom stereocenters. The Labute approximate surface area is 209 Å². The number of aromatic nitrogens is 3. The van der Waals surface area contributed by atoms with Crippen LogP contribution >= 0.6 is 11.3 Å². The standard InChI is InChI=1S/C27H28N6OS/c1-19-4-5-23(27(34)30-14-20-8-11-35-18-20)12-21(19)6-7-22-13-24(15-29-26(22)28)25-16-31-33(17-25)10-9-32(2)3/h4-5,8,11-13,15-18H,9-10,14H2,1-3H3,(H2,28,29)(H,30,34). The second kappa shape index (κ2) is 11.0. The molecule has 0 fully saturated rings. The highest BCUT2D eigenvalue weighted by Crippen LogP contribution is 2.21. The number of hydrogen-bond donors (Lipinski definition) is 2. The highest BCUT2D eigenvalue weighted by Gasteiger charge is 2.09. The number of rotatable bonds is 7. The molecule has 0 aliphatic rings. The normalized spacial score (nSPS) is 10.7. The molecule has 0 spiro atoms. The number of pyridine rings is 1. The molecular weight excluding hydrogens is 456 g/mol. The third-order valence-corrected chi connectivity index (χ3v) is 6.26. The third kappa shape index (κ3) is 6.35. The van der Waals surface area contributed by atoms with Gasteiger partial charge in [-0.3, -0.25) is 9.48 Å². The van der Waals surface area contributed by atoms with E-state index in [1.165, 1.54) is 0 Å². The average Bonchev–Trinajstić information content (AvgIpc) is 3.54. The maximum absolute atomic E-state index is 12.6. The van der Waals surface area contributed by atoms with Crippen molar-refractivity contribution in [2.75, 3.05) is 26.4 Å². The molecule has 3 aromatic heterocycles. The minimum Gasteiger partial charge on any atom is -0.383 e. The molecule has 1 amide bonds. The van der Waals surface area contributed by atoms with E-state index in [2.05, 4.69) is 32.1 Å². The number of thiophene rings is 1. The summed E-state index contributed by atoms with van der Waals surface area (Å²) >= 11 is 1.61. The second-order valence-electron chi connectivity index (χ2n) is 8.55. The van der Waals surface area contributed by atoms with E-state index in [0.29, 0.717) is 23.5 Å². The zero-order valence-corrected chi connectivity index (χ0v) is 20.9. The first-order chi connectivity index (χ1) is 16.9. The highest BCUT2D eigenvalue weighted by molar-refractivity contribution is 7.07. The topological polar surface area (TPSA) is 89.1 Å². The van der Waals surface area contributed by atoms with Crippen molar-refractivity contribution in [1.82, 2.24) is 25.0 Å². The van der Waals surface area contributed by atoms with E-state index in [4.69, 9.17) is 5.73 Å². The Hall–Kier alpha value is -3.93. The van der Waals surface area contributed by atoms with Gasteiger partial charge in [0.25, 0.3) is 5.91 Å². The summed E-state index contributed by atoms with van der Waals surface area (Å²) < 4.78 is 1.91. The van der Waals surface area contributed by atoms with E-state index in [1.807, 2.05) is 79.2 Å². The number of nitrogen functional groups attached to an aromatic ring is 1. The van der Waals surface area contributed by atoms with Gasteiger partial charge in [0, 0.05) is 47.7 Å². The quantitative estimate of drug-likeness (QED) is 0.390. The van der Waals surface area contributed by atoms with E-state index < -0.39 is 0 Å². The maximum Gasteiger partial charge on any atom is 0.251 e. The van der Waals surface area contributed by atoms with Crippen molar-refractivity contribution in [2.45, 2.75) is 20.0 Å². The fraction of sp³-hybridized carbons (Fsp3) is 0.222. The zero-order valence-electron chi connectivity index (χ0n) is 20.1. The number of hydrogen-bond acceptors (Lipinski definition) is 6. The van der Waals surface area contributed by atoms with Crippen LogP contribution in [-0.2, 0) is 13.1 Å². The van der Waals surface area contributed by atoms with Gasteiger partial charge < -0.3 is 16.0 Å². The summed E-state index contributed by atoms with van der Waals surface area (Å²) in [5.74, 6) is 6.56. The number of likely N-dealkylation sites (N-methyl/N-ethyl adjacent to an activating group) is 1. The SMILES string of the molecule is Cc1ccc(C(=O)NCc2ccsc2)cc1C#Cc1cc(-c2cnn(CCN(C)C)c2)cnc1N. The molecule has 0 bridgehead atoms. The molecule has 0 aliphatic heterocycles. The van der Waals surface area contributed by atoms with E-state index in [0.717, 1.165) is 40.9 Å². The molecule has 0 atom stereocenters. The van der Waals surface area contributed by atoms with Gasteiger partial charge in [-0.15, -0.1) is 0 Å². The van der Waals surface area contributed by atoms with E-state index in [9.17, 15) is 4.79 Å². The Morgan fingerprint density at radius 2 is 1.97 bits per heavy atom. The van der Waals surface area contributed by atoms with Crippen LogP contribution < -0.4 is 11.1 Å². The van der Waals surface area contributed by atoms with Crippen LogP contribution in [0.5, 0.6) is 0 Å². The Bertz CT molecular complexity index is 1380. The molecule has 0 saturated carbocycles. The summed E-state index contributed by atoms with van der Waals surface area (Å²) in [5, 5.41) is 11.4. The molecule has 0 radical (unpaired) electrons. The lowest BCUT2D eigenvalue weighted by Gasteiger charge is -2.08. The first-order valence-electron chi connectivity index (χ1n) is 11.2. The maximum atomic E-state index is 12.6. The molecule has 35 heavy (non-hydrogen) atoms. The summed E-state index contributed by atoms with van der Waals surface area (Å²) in [5.41, 5.74) is 12.0. The Morgan fingerprint density at radius 1 is 1.14 bits per heavy atom. The fourth-order valence-electron chi connectivity index (χ4n) is 3.38. The molecule has 0 aliphatic carbocycles. The van der Waals surface area contributed by atoms with Crippen molar-refractivity contribution in [1.29, 1.82) is 0 Å². The largest absolute Gasteiger partial charge is 0.383 e. The summed E-state index contributed by atoms with van der Waals surface area (Å²) in [6.45, 7) is 4.18. The van der Waals surface area contributed by atoms with Gasteiger partial charge in [0.15, 0.2) is 0 Å². The lowest BCUT2D eigenvalue weighted by atomic mass is 10.0. The number of anilines is 1. The van der Waals surface area contributed by atoms with Crippen molar-refractivity contribution in [2.24, 2.45) is 0 Å². The van der Waals surface area contributed by atoms with Gasteiger partial charge in [0.05, 0.1) is 18.3 Å². The number of carbonyl (C=O) groups excluding carboxylic acids is 1. The first-order valence-corrected chi connectivity index (χ1v) is 12.2. The Kier molecular flexibility index (Phi) is 7.60. The molecule has 4 aromatic rings. The average molecular weight is 485 g/mol. The number of nitrogens with two attached hydrogens (primary N) is 1. The number of amides is 1. The van der Waals surface area contributed by atoms with Crippen LogP contribution in [0, 0.1) is 18.8 Å². The minimum absolute atomic E-state index is 0.131. The summed E-state index contributed by atoms with van der Waals surface area (Å²) in [6.07, 6.45) is 5.55. The monoisotopic (exact) mass is 484 g/mol. The number of nitrogens with one attached hydrogen (secondary N) is 1. The molecule has 178 valence electrons. The molecule has 8 heteroatoms. The van der Waals surface area contributed by atoms with Gasteiger partial charge >= 0.3 is 0 Å². The summed E-state index contributed by atoms with van der Waals surface area (Å²) in [6, 6.07) is 9.46. The zero-order chi connectivity index (χ0) is 24.8. The lowest BCUT2D eigenvalue weighted by Crippen LogP contribution is -2.22. The van der Waals surface area contributed by atoms with E-state index >= 15 is 0 Å². The van der Waals surface area contributed by atoms with Crippen LogP contribution in [0.2, 0.25) is 0 Å². The fourth-order valence-corrected chi connectivity index (χ4v) is 4.05. The minimum atomic E-state index is -0.131. The van der Waals surface area contributed by atoms with Gasteiger partial charge in [-0.1, -0.05) is 17.9 Å². The van der Waals surface area contributed by atoms with Crippen molar-refractivity contribution in [3.05, 3.63) is 87.5 Å². The highest BCUT2D eigenvalue weighted by atomic mass is 32.1. The van der Waals surface area contributed by atoms with Crippen LogP contribution in [0.1, 0.15) is 32.6 Å². The van der Waals surface area contributed by atoms with Gasteiger partial charge in [-0.2, -0.15) is 16.4 Å². The molecular formula is C27H28N6OS. The van der Waals surface area contributed by atoms with Crippen molar-refractivity contribution in [3.8, 4) is 23.0 Å². The predicted octanol–water partition coefficient (Wildman–Crippen LogP) is 3.79. The Morgan fingerprint density at radius 3 is 2.74 bits per heavy atom. The number of benzene rings is 1. The molecule has 7 nitrogen and oxygen atoms in total. The van der Waals surface area contributed by atoms with E-state index in [-0.39, 0.29) is 5.91 Å². The molecule has 3 heterocycles. The molecule has 3 N–H and O–H groups in total. The predicted molar refractivity (Wildman–Crippen MR) is 141 cm³/mol. The molecule has 0 saturated heterocycles. The van der Waals surface area contributed by atoms with E-state index in [1.54, 1.807) is 17.5 Å². The third-order valence-electron chi connectivity index (χ3n) is 5.53. The van der Waals surface area contributed by atoms with Gasteiger partial charge in [0.2, 0.25) is 0 Å². The molecule has 1 aromatic carbocycles. The van der Waals surface area contributed by atoms with Crippen LogP contribution in [0.25, 0.3) is 11.1 Å². The Balaban J connectivity index is 1.52. The first kappa shape index (κ1) is 24.2. The van der Waals surface area contributed by atoms with Crippen LogP contribution in [0.15, 0.2) is 59.7 Å². The lowest BCUT2D eigenvalue weighted by molar-refractivity contribution is 0.0951. The summed E-state index contributed by atoms with van der Waals surface area (Å²) in [4.78, 5) is 19.1. The van der Waals surface area contributed by atoms with Gasteiger partial charge in [0.1, 0.15) is 5.82 Å². The van der Waals surface area contributed by atoms with Gasteiger partial charge in [-0.25, -0.2) is 4.98 Å². The number of carbonyl (C=O) groups is 1. The molecule has 4 rings (SSSR count). The van der Waals surface area contributed by atoms with Crippen molar-refractivity contribution < 1.29 is 4.79 Å². The number of nitrogens with zero attached hydrogens (tertiary/aromatic N) is 4. The van der Waals surface area contributed by atoms with Crippen molar-refractivity contribution in [3.63, 3.8) is 0 Å². The van der Waals surface area contributed by atoms with Crippen LogP contribution in [0.4, 0.5) is 5.82 Å². The second-order valence-corrected chi connectivity index (χ2v) is 9.33.